The van der Waals surface area contributed by atoms with Crippen molar-refractivity contribution in [3.63, 3.8) is 0 Å². The van der Waals surface area contributed by atoms with Crippen LogP contribution in [-0.4, -0.2) is 85.9 Å². The molecule has 0 amide bonds. The normalized spacial score (nSPS) is 17.4. The van der Waals surface area contributed by atoms with Crippen molar-refractivity contribution in [2.24, 2.45) is 5.73 Å². The van der Waals surface area contributed by atoms with E-state index in [9.17, 15) is 4.79 Å². The van der Waals surface area contributed by atoms with E-state index in [1.54, 1.807) is 0 Å². The maximum absolute atomic E-state index is 10.1. The predicted octanol–water partition coefficient (Wildman–Crippen LogP) is -4.56. The fourth-order valence-corrected chi connectivity index (χ4v) is 0.668. The number of carbonyl (C=O) groups is 1. The van der Waals surface area contributed by atoms with Crippen molar-refractivity contribution in [3.05, 3.63) is 0 Å². The largest absolute Gasteiger partial charge is 0.479 e. The van der Waals surface area contributed by atoms with Gasteiger partial charge in [0, 0.05) is 6.54 Å². The van der Waals surface area contributed by atoms with Gasteiger partial charge in [0.2, 0.25) is 0 Å². The molecule has 0 bridgehead atoms. The van der Waals surface area contributed by atoms with Gasteiger partial charge >= 0.3 is 5.97 Å². The molecule has 17 heavy (non-hydrogen) atoms. The number of aliphatic hydroxyl groups is 6. The van der Waals surface area contributed by atoms with Gasteiger partial charge < -0.3 is 41.5 Å². The second-order valence-corrected chi connectivity index (χ2v) is 3.03. The Morgan fingerprint density at radius 3 is 1.71 bits per heavy atom. The van der Waals surface area contributed by atoms with Crippen LogP contribution in [0.3, 0.4) is 0 Å². The maximum Gasteiger partial charge on any atom is 0.335 e. The van der Waals surface area contributed by atoms with Gasteiger partial charge in [-0.3, -0.25) is 0 Å². The van der Waals surface area contributed by atoms with E-state index in [2.05, 4.69) is 0 Å². The van der Waals surface area contributed by atoms with Crippen LogP contribution in [0.15, 0.2) is 0 Å². The molecule has 0 aliphatic rings. The molecule has 0 saturated carbocycles. The minimum Gasteiger partial charge on any atom is -0.479 e. The van der Waals surface area contributed by atoms with Crippen LogP contribution in [0.1, 0.15) is 0 Å². The van der Waals surface area contributed by atoms with Gasteiger partial charge in [-0.25, -0.2) is 4.79 Å². The molecule has 0 unspecified atom stereocenters. The molecule has 9 heteroatoms. The van der Waals surface area contributed by atoms with Crippen molar-refractivity contribution in [2.45, 2.75) is 24.4 Å². The summed E-state index contributed by atoms with van der Waals surface area (Å²) in [5, 5.41) is 59.6. The SMILES string of the molecule is NCCO.O=C(O)[C@H](O)[C@@H](O)[C@H](O)[C@H](O)CO. The molecular formula is C8H19NO8. The summed E-state index contributed by atoms with van der Waals surface area (Å²) in [5.74, 6) is -1.73. The van der Waals surface area contributed by atoms with Crippen LogP contribution in [-0.2, 0) is 4.79 Å². The molecule has 0 spiro atoms. The van der Waals surface area contributed by atoms with Crippen molar-refractivity contribution in [1.29, 1.82) is 0 Å². The van der Waals surface area contributed by atoms with E-state index in [1.807, 2.05) is 0 Å². The Balaban J connectivity index is 0. The number of nitrogens with two attached hydrogens (primary N) is 1. The Labute approximate surface area is 97.4 Å². The quantitative estimate of drug-likeness (QED) is 0.232. The third-order valence-corrected chi connectivity index (χ3v) is 1.64. The van der Waals surface area contributed by atoms with Gasteiger partial charge in [0.1, 0.15) is 18.3 Å². The lowest BCUT2D eigenvalue weighted by atomic mass is 10.0. The molecule has 0 heterocycles. The van der Waals surface area contributed by atoms with Crippen LogP contribution >= 0.6 is 0 Å². The van der Waals surface area contributed by atoms with Gasteiger partial charge in [0.05, 0.1) is 13.2 Å². The summed E-state index contributed by atoms with van der Waals surface area (Å²) < 4.78 is 0. The minimum atomic E-state index is -2.20. The molecule has 0 saturated heterocycles. The molecule has 4 atom stereocenters. The maximum atomic E-state index is 10.1. The van der Waals surface area contributed by atoms with Crippen LogP contribution < -0.4 is 5.73 Å². The van der Waals surface area contributed by atoms with Crippen LogP contribution in [0.4, 0.5) is 0 Å². The standard InChI is InChI=1S/C6H12O7.C2H7NO/c7-1-2(8)3(9)4(10)5(11)6(12)13;3-1-2-4/h2-5,7-11H,1H2,(H,12,13);4H,1-3H2/t2-,3-,4+,5-;/m1./s1. The summed E-state index contributed by atoms with van der Waals surface area (Å²) >= 11 is 0. The highest BCUT2D eigenvalue weighted by molar-refractivity contribution is 5.72. The highest BCUT2D eigenvalue weighted by Gasteiger charge is 2.33. The van der Waals surface area contributed by atoms with Gasteiger partial charge in [0.25, 0.3) is 0 Å². The van der Waals surface area contributed by atoms with E-state index >= 15 is 0 Å². The van der Waals surface area contributed by atoms with Crippen LogP contribution in [0.5, 0.6) is 0 Å². The molecule has 0 fully saturated rings. The summed E-state index contributed by atoms with van der Waals surface area (Å²) in [4.78, 5) is 10.1. The lowest BCUT2D eigenvalue weighted by Gasteiger charge is -2.23. The topological polar surface area (TPSA) is 185 Å². The summed E-state index contributed by atoms with van der Waals surface area (Å²) in [5.41, 5.74) is 4.78. The molecule has 0 aromatic heterocycles. The zero-order valence-electron chi connectivity index (χ0n) is 9.05. The molecule has 0 aromatic carbocycles. The van der Waals surface area contributed by atoms with Crippen molar-refractivity contribution in [2.75, 3.05) is 19.8 Å². The van der Waals surface area contributed by atoms with Gasteiger partial charge in [-0.1, -0.05) is 0 Å². The fourth-order valence-electron chi connectivity index (χ4n) is 0.668. The van der Waals surface area contributed by atoms with Crippen LogP contribution in [0.2, 0.25) is 0 Å². The molecule has 9 N–H and O–H groups in total. The molecule has 0 rings (SSSR count). The molecule has 0 radical (unpaired) electrons. The van der Waals surface area contributed by atoms with E-state index in [-0.39, 0.29) is 6.61 Å². The van der Waals surface area contributed by atoms with Crippen molar-refractivity contribution in [1.82, 2.24) is 0 Å². The third kappa shape index (κ3) is 7.99. The molecule has 0 aliphatic carbocycles. The van der Waals surface area contributed by atoms with Gasteiger partial charge in [-0.05, 0) is 0 Å². The Kier molecular flexibility index (Phi) is 11.3. The van der Waals surface area contributed by atoms with E-state index in [4.69, 9.17) is 41.5 Å². The monoisotopic (exact) mass is 257 g/mol. The lowest BCUT2D eigenvalue weighted by molar-refractivity contribution is -0.164. The molecule has 0 aromatic rings. The Morgan fingerprint density at radius 2 is 1.47 bits per heavy atom. The Bertz CT molecular complexity index is 200. The Morgan fingerprint density at radius 1 is 1.06 bits per heavy atom. The zero-order chi connectivity index (χ0) is 14.0. The summed E-state index contributed by atoms with van der Waals surface area (Å²) in [6.07, 6.45) is -7.84. The predicted molar refractivity (Wildman–Crippen MR) is 54.9 cm³/mol. The fraction of sp³-hybridized carbons (Fsp3) is 0.875. The number of carboxylic acids is 1. The van der Waals surface area contributed by atoms with E-state index in [0.717, 1.165) is 0 Å². The van der Waals surface area contributed by atoms with E-state index < -0.39 is 37.0 Å². The first-order valence-corrected chi connectivity index (χ1v) is 4.70. The highest BCUT2D eigenvalue weighted by atomic mass is 16.4. The highest BCUT2D eigenvalue weighted by Crippen LogP contribution is 2.04. The zero-order valence-corrected chi connectivity index (χ0v) is 9.05. The number of aliphatic hydroxyl groups excluding tert-OH is 6. The second-order valence-electron chi connectivity index (χ2n) is 3.03. The number of aliphatic carboxylic acids is 1. The van der Waals surface area contributed by atoms with E-state index in [0.29, 0.717) is 6.54 Å². The number of rotatable bonds is 6. The number of hydrogen-bond donors (Lipinski definition) is 8. The first-order valence-electron chi connectivity index (χ1n) is 4.70. The second kappa shape index (κ2) is 10.4. The first-order chi connectivity index (χ1) is 7.83. The summed E-state index contributed by atoms with van der Waals surface area (Å²) in [6.45, 7) is -0.370. The molecule has 104 valence electrons. The average molecular weight is 257 g/mol. The van der Waals surface area contributed by atoms with Crippen molar-refractivity contribution < 1.29 is 40.5 Å². The smallest absolute Gasteiger partial charge is 0.335 e. The van der Waals surface area contributed by atoms with Crippen LogP contribution in [0, 0.1) is 0 Å². The van der Waals surface area contributed by atoms with Crippen molar-refractivity contribution >= 4 is 5.97 Å². The van der Waals surface area contributed by atoms with E-state index in [1.165, 1.54) is 0 Å². The number of hydrogen-bond acceptors (Lipinski definition) is 8. The molecule has 0 aliphatic heterocycles. The van der Waals surface area contributed by atoms with Gasteiger partial charge in [0.15, 0.2) is 6.10 Å². The summed E-state index contributed by atoms with van der Waals surface area (Å²) in [7, 11) is 0. The third-order valence-electron chi connectivity index (χ3n) is 1.64. The lowest BCUT2D eigenvalue weighted by Crippen LogP contribution is -2.48. The van der Waals surface area contributed by atoms with Gasteiger partial charge in [-0.2, -0.15) is 0 Å². The van der Waals surface area contributed by atoms with Crippen LogP contribution in [0.25, 0.3) is 0 Å². The Hall–Kier alpha value is -0.810. The number of carboxylic acid groups (broad SMARTS) is 1. The first kappa shape index (κ1) is 18.6. The molecule has 9 nitrogen and oxygen atoms in total. The average Bonchev–Trinajstić information content (AvgIpc) is 2.34. The van der Waals surface area contributed by atoms with Gasteiger partial charge in [-0.15, -0.1) is 0 Å². The summed E-state index contributed by atoms with van der Waals surface area (Å²) in [6, 6.07) is 0. The molecular weight excluding hydrogens is 238 g/mol. The van der Waals surface area contributed by atoms with Crippen molar-refractivity contribution in [3.8, 4) is 0 Å². The minimum absolute atomic E-state index is 0.0972.